The molecule has 0 bridgehead atoms. The number of benzene rings is 1. The smallest absolute Gasteiger partial charge is 0.316 e. The Morgan fingerprint density at radius 1 is 1.10 bits per heavy atom. The summed E-state index contributed by atoms with van der Waals surface area (Å²) >= 11 is 0. The van der Waals surface area contributed by atoms with Gasteiger partial charge in [0.1, 0.15) is 5.92 Å². The van der Waals surface area contributed by atoms with Gasteiger partial charge in [-0.25, -0.2) is 0 Å². The van der Waals surface area contributed by atoms with Gasteiger partial charge >= 0.3 is 5.97 Å². The van der Waals surface area contributed by atoms with Crippen molar-refractivity contribution in [3.63, 3.8) is 0 Å². The molecule has 0 heterocycles. The van der Waals surface area contributed by atoms with Crippen molar-refractivity contribution in [1.29, 1.82) is 0 Å². The summed E-state index contributed by atoms with van der Waals surface area (Å²) < 4.78 is 5.00. The van der Waals surface area contributed by atoms with Gasteiger partial charge in [-0.15, -0.1) is 0 Å². The maximum absolute atomic E-state index is 12.3. The van der Waals surface area contributed by atoms with E-state index in [0.717, 1.165) is 23.1 Å². The number of Topliss-reactive ketones (excluding diaryl/α,β-unsaturated/α-hetero) is 1. The van der Waals surface area contributed by atoms with Crippen LogP contribution in [0.1, 0.15) is 43.4 Å². The van der Waals surface area contributed by atoms with Crippen molar-refractivity contribution >= 4 is 11.8 Å². The molecule has 0 radical (unpaired) electrons. The van der Waals surface area contributed by atoms with E-state index >= 15 is 0 Å². The van der Waals surface area contributed by atoms with Crippen molar-refractivity contribution in [2.24, 2.45) is 5.92 Å². The maximum atomic E-state index is 12.3. The highest BCUT2D eigenvalue weighted by Crippen LogP contribution is 2.16. The largest absolute Gasteiger partial charge is 0.465 e. The van der Waals surface area contributed by atoms with Crippen LogP contribution in [-0.4, -0.2) is 18.4 Å². The first kappa shape index (κ1) is 16.4. The van der Waals surface area contributed by atoms with Gasteiger partial charge < -0.3 is 4.74 Å². The lowest BCUT2D eigenvalue weighted by Crippen LogP contribution is -2.27. The molecule has 0 aliphatic carbocycles. The van der Waals surface area contributed by atoms with Gasteiger partial charge in [0, 0.05) is 6.42 Å². The van der Waals surface area contributed by atoms with Crippen LogP contribution in [-0.2, 0) is 20.7 Å². The zero-order valence-corrected chi connectivity index (χ0v) is 12.9. The molecule has 0 N–H and O–H groups in total. The normalized spacial score (nSPS) is 12.0. The van der Waals surface area contributed by atoms with Gasteiger partial charge in [0.25, 0.3) is 0 Å². The minimum atomic E-state index is -0.624. The fraction of sp³-hybridized carbons (Fsp3) is 0.529. The van der Waals surface area contributed by atoms with Crippen LogP contribution in [0.5, 0.6) is 0 Å². The quantitative estimate of drug-likeness (QED) is 0.566. The Hall–Kier alpha value is -1.64. The highest BCUT2D eigenvalue weighted by atomic mass is 16.5. The van der Waals surface area contributed by atoms with E-state index < -0.39 is 5.92 Å². The van der Waals surface area contributed by atoms with Gasteiger partial charge in [-0.2, -0.15) is 0 Å². The number of rotatable bonds is 7. The number of hydrogen-bond donors (Lipinski definition) is 0. The van der Waals surface area contributed by atoms with E-state index in [4.69, 9.17) is 4.74 Å². The van der Waals surface area contributed by atoms with Gasteiger partial charge in [0.05, 0.1) is 6.61 Å². The monoisotopic (exact) mass is 276 g/mol. The molecule has 1 aromatic carbocycles. The van der Waals surface area contributed by atoms with Crippen molar-refractivity contribution in [2.45, 2.75) is 47.0 Å². The van der Waals surface area contributed by atoms with E-state index in [1.807, 2.05) is 32.9 Å². The zero-order chi connectivity index (χ0) is 15.1. The summed E-state index contributed by atoms with van der Waals surface area (Å²) in [6.45, 7) is 8.06. The Balaban J connectivity index is 2.82. The molecule has 110 valence electrons. The maximum Gasteiger partial charge on any atom is 0.316 e. The fourth-order valence-corrected chi connectivity index (χ4v) is 2.44. The van der Waals surface area contributed by atoms with Crippen LogP contribution in [0.2, 0.25) is 0 Å². The molecule has 1 unspecified atom stereocenters. The second-order valence-electron chi connectivity index (χ2n) is 5.23. The summed E-state index contributed by atoms with van der Waals surface area (Å²) in [6, 6.07) is 6.07. The number of ether oxygens (including phenoxy) is 1. The van der Waals surface area contributed by atoms with E-state index in [0.29, 0.717) is 19.4 Å². The number of carbonyl (C=O) groups excluding carboxylic acids is 2. The number of hydrogen-bond acceptors (Lipinski definition) is 3. The Morgan fingerprint density at radius 3 is 2.20 bits per heavy atom. The van der Waals surface area contributed by atoms with E-state index in [2.05, 4.69) is 6.07 Å². The summed E-state index contributed by atoms with van der Waals surface area (Å²) in [5.74, 6) is -1.06. The lowest BCUT2D eigenvalue weighted by molar-refractivity contribution is -0.151. The van der Waals surface area contributed by atoms with Crippen LogP contribution in [0.15, 0.2) is 18.2 Å². The predicted octanol–water partition coefficient (Wildman–Crippen LogP) is 3.39. The van der Waals surface area contributed by atoms with Crippen LogP contribution in [0, 0.1) is 19.8 Å². The third kappa shape index (κ3) is 4.80. The van der Waals surface area contributed by atoms with Crippen molar-refractivity contribution in [2.75, 3.05) is 6.61 Å². The van der Waals surface area contributed by atoms with Crippen LogP contribution < -0.4 is 0 Å². The summed E-state index contributed by atoms with van der Waals surface area (Å²) in [4.78, 5) is 24.2. The number of aryl methyl sites for hydroxylation is 2. The average molecular weight is 276 g/mol. The van der Waals surface area contributed by atoms with Crippen molar-refractivity contribution in [1.82, 2.24) is 0 Å². The van der Waals surface area contributed by atoms with Gasteiger partial charge in [0.2, 0.25) is 0 Å². The number of esters is 1. The SMILES string of the molecule is CCCC(C(=O)Cc1cc(C)cc(C)c1)C(=O)OCC. The first-order chi connectivity index (χ1) is 9.47. The third-order valence-corrected chi connectivity index (χ3v) is 3.20. The standard InChI is InChI=1S/C17H24O3/c1-5-7-15(17(19)20-6-2)16(18)11-14-9-12(3)8-13(4)10-14/h8-10,15H,5-7,11H2,1-4H3. The highest BCUT2D eigenvalue weighted by molar-refractivity contribution is 5.99. The van der Waals surface area contributed by atoms with E-state index in [1.54, 1.807) is 6.92 Å². The Labute approximate surface area is 121 Å². The molecule has 0 spiro atoms. The summed E-state index contributed by atoms with van der Waals surface area (Å²) in [7, 11) is 0. The van der Waals surface area contributed by atoms with Crippen molar-refractivity contribution in [3.8, 4) is 0 Å². The van der Waals surface area contributed by atoms with E-state index in [-0.39, 0.29) is 11.8 Å². The lowest BCUT2D eigenvalue weighted by atomic mass is 9.93. The molecule has 1 aromatic rings. The molecule has 0 saturated heterocycles. The molecule has 0 fully saturated rings. The zero-order valence-electron chi connectivity index (χ0n) is 12.9. The first-order valence-electron chi connectivity index (χ1n) is 7.24. The van der Waals surface area contributed by atoms with E-state index in [1.165, 1.54) is 0 Å². The molecule has 1 rings (SSSR count). The molecular weight excluding hydrogens is 252 g/mol. The molecule has 0 aromatic heterocycles. The first-order valence-corrected chi connectivity index (χ1v) is 7.24. The molecule has 1 atom stereocenters. The third-order valence-electron chi connectivity index (χ3n) is 3.20. The minimum Gasteiger partial charge on any atom is -0.465 e. The molecule has 20 heavy (non-hydrogen) atoms. The van der Waals surface area contributed by atoms with Crippen LogP contribution in [0.4, 0.5) is 0 Å². The van der Waals surface area contributed by atoms with Gasteiger partial charge in [-0.3, -0.25) is 9.59 Å². The predicted molar refractivity (Wildman–Crippen MR) is 79.7 cm³/mol. The number of ketones is 1. The molecule has 0 saturated carbocycles. The average Bonchev–Trinajstić information content (AvgIpc) is 2.34. The molecule has 0 aliphatic heterocycles. The Morgan fingerprint density at radius 2 is 1.70 bits per heavy atom. The van der Waals surface area contributed by atoms with Crippen LogP contribution in [0.3, 0.4) is 0 Å². The van der Waals surface area contributed by atoms with E-state index in [9.17, 15) is 9.59 Å². The second-order valence-corrected chi connectivity index (χ2v) is 5.23. The molecular formula is C17H24O3. The topological polar surface area (TPSA) is 43.4 Å². The summed E-state index contributed by atoms with van der Waals surface area (Å²) in [5.41, 5.74) is 3.24. The molecule has 3 nitrogen and oxygen atoms in total. The van der Waals surface area contributed by atoms with Crippen molar-refractivity contribution < 1.29 is 14.3 Å². The molecule has 0 amide bonds. The molecule has 0 aliphatic rings. The van der Waals surface area contributed by atoms with Gasteiger partial charge in [-0.1, -0.05) is 42.7 Å². The van der Waals surface area contributed by atoms with Crippen LogP contribution in [0.25, 0.3) is 0 Å². The number of carbonyl (C=O) groups is 2. The van der Waals surface area contributed by atoms with Crippen LogP contribution >= 0.6 is 0 Å². The Kier molecular flexibility index (Phi) is 6.43. The second kappa shape index (κ2) is 7.83. The molecule has 3 heteroatoms. The summed E-state index contributed by atoms with van der Waals surface area (Å²) in [6.07, 6.45) is 1.65. The Bertz CT molecular complexity index is 457. The van der Waals surface area contributed by atoms with Gasteiger partial charge in [-0.05, 0) is 32.8 Å². The fourth-order valence-electron chi connectivity index (χ4n) is 2.44. The van der Waals surface area contributed by atoms with Gasteiger partial charge in [0.15, 0.2) is 5.78 Å². The van der Waals surface area contributed by atoms with Crippen molar-refractivity contribution in [3.05, 3.63) is 34.9 Å². The lowest BCUT2D eigenvalue weighted by Gasteiger charge is -2.14. The highest BCUT2D eigenvalue weighted by Gasteiger charge is 2.26. The minimum absolute atomic E-state index is 0.0460. The summed E-state index contributed by atoms with van der Waals surface area (Å²) in [5, 5.41) is 0.